The number of rotatable bonds is 18. The van der Waals surface area contributed by atoms with Crippen LogP contribution in [0, 0.1) is 11.8 Å². The van der Waals surface area contributed by atoms with Gasteiger partial charge in [0.05, 0.1) is 0 Å². The molecule has 0 aliphatic carbocycles. The summed E-state index contributed by atoms with van der Waals surface area (Å²) in [5.41, 5.74) is 5.51. The molecule has 0 fully saturated rings. The normalized spacial score (nSPS) is 12.9. The van der Waals surface area contributed by atoms with E-state index in [0.29, 0.717) is 0 Å². The van der Waals surface area contributed by atoms with E-state index in [1.165, 1.54) is 69.7 Å². The molecule has 0 spiro atoms. The molecule has 0 aliphatic heterocycles. The molecular formula is C34H58O2Sn2. The Balaban J connectivity index is 0.000000380. The SMILES string of the molecule is CCC(C)Cc1ccc(COCC[CH2][Sn]([CH3])[CH3])cc1.CCC(C)Cc1ccc(COCC[CH2][Sn]([CH3])[CH3])cc1. The topological polar surface area (TPSA) is 18.5 Å². The number of hydrogen-bond acceptors (Lipinski definition) is 2. The molecule has 0 heterocycles. The van der Waals surface area contributed by atoms with Gasteiger partial charge in [-0.15, -0.1) is 0 Å². The average Bonchev–Trinajstić information content (AvgIpc) is 2.90. The standard InChI is InChI=1S/2C15H23O.4CH3.2Sn/c2*1-4-10-16-12-15-8-6-14(7-9-15)11-13(3)5-2;;;;;;/h2*6-9,13H,1,4-5,10-12H2,2-3H3;4*1H3;;. The van der Waals surface area contributed by atoms with Crippen molar-refractivity contribution in [1.82, 2.24) is 0 Å². The van der Waals surface area contributed by atoms with Gasteiger partial charge >= 0.3 is 239 Å². The molecule has 0 aromatic heterocycles. The number of ether oxygens (including phenoxy) is 2. The van der Waals surface area contributed by atoms with Gasteiger partial charge in [-0.05, 0) is 0 Å². The molecule has 2 radical (unpaired) electrons. The van der Waals surface area contributed by atoms with Gasteiger partial charge in [0.15, 0.2) is 0 Å². The molecule has 0 N–H and O–H groups in total. The van der Waals surface area contributed by atoms with Crippen molar-refractivity contribution in [3.05, 3.63) is 70.8 Å². The van der Waals surface area contributed by atoms with Crippen molar-refractivity contribution >= 4 is 39.5 Å². The van der Waals surface area contributed by atoms with Crippen molar-refractivity contribution in [2.75, 3.05) is 13.2 Å². The van der Waals surface area contributed by atoms with Crippen LogP contribution in [-0.2, 0) is 35.5 Å². The second-order valence-electron chi connectivity index (χ2n) is 11.8. The van der Waals surface area contributed by atoms with Crippen LogP contribution in [0.5, 0.6) is 0 Å². The van der Waals surface area contributed by atoms with Gasteiger partial charge in [-0.3, -0.25) is 0 Å². The van der Waals surface area contributed by atoms with Crippen LogP contribution in [-0.4, -0.2) is 52.7 Å². The molecule has 0 bridgehead atoms. The van der Waals surface area contributed by atoms with Gasteiger partial charge in [0.1, 0.15) is 0 Å². The fourth-order valence-electron chi connectivity index (χ4n) is 4.07. The van der Waals surface area contributed by atoms with E-state index in [4.69, 9.17) is 9.47 Å². The summed E-state index contributed by atoms with van der Waals surface area (Å²) in [6, 6.07) is 17.9. The van der Waals surface area contributed by atoms with E-state index in [-0.39, 0.29) is 0 Å². The van der Waals surface area contributed by atoms with Crippen LogP contribution in [0.2, 0.25) is 28.6 Å². The molecule has 0 saturated carbocycles. The van der Waals surface area contributed by atoms with Crippen LogP contribution in [0.3, 0.4) is 0 Å². The zero-order chi connectivity index (χ0) is 28.2. The Morgan fingerprint density at radius 3 is 1.16 bits per heavy atom. The molecular weight excluding hydrogens is 678 g/mol. The molecule has 2 aromatic rings. The molecule has 2 atom stereocenters. The van der Waals surface area contributed by atoms with Gasteiger partial charge in [0, 0.05) is 0 Å². The quantitative estimate of drug-likeness (QED) is 0.112. The zero-order valence-corrected chi connectivity index (χ0v) is 31.8. The van der Waals surface area contributed by atoms with Gasteiger partial charge < -0.3 is 0 Å². The first-order chi connectivity index (χ1) is 18.2. The van der Waals surface area contributed by atoms with Crippen LogP contribution in [0.25, 0.3) is 0 Å². The maximum atomic E-state index is 5.74. The van der Waals surface area contributed by atoms with E-state index in [1.54, 1.807) is 0 Å². The number of hydrogen-bond donors (Lipinski definition) is 0. The summed E-state index contributed by atoms with van der Waals surface area (Å²) in [4.78, 5) is 9.83. The van der Waals surface area contributed by atoms with E-state index < -0.39 is 39.5 Å². The van der Waals surface area contributed by atoms with Gasteiger partial charge in [-0.2, -0.15) is 0 Å². The first-order valence-corrected chi connectivity index (χ1v) is 30.6. The van der Waals surface area contributed by atoms with Crippen molar-refractivity contribution in [3.63, 3.8) is 0 Å². The first-order valence-electron chi connectivity index (χ1n) is 15.1. The zero-order valence-electron chi connectivity index (χ0n) is 26.1. The molecule has 0 aliphatic rings. The Morgan fingerprint density at radius 2 is 0.868 bits per heavy atom. The average molecular weight is 736 g/mol. The summed E-state index contributed by atoms with van der Waals surface area (Å²) in [5.74, 6) is 1.56. The summed E-state index contributed by atoms with van der Waals surface area (Å²) in [5, 5.41) is 0. The van der Waals surface area contributed by atoms with Gasteiger partial charge in [-0.1, -0.05) is 13.8 Å². The van der Waals surface area contributed by atoms with E-state index in [9.17, 15) is 0 Å². The van der Waals surface area contributed by atoms with Crippen molar-refractivity contribution in [3.8, 4) is 0 Å². The van der Waals surface area contributed by atoms with Crippen molar-refractivity contribution in [1.29, 1.82) is 0 Å². The molecule has 38 heavy (non-hydrogen) atoms. The maximum absolute atomic E-state index is 5.74. The van der Waals surface area contributed by atoms with Crippen LogP contribution in [0.1, 0.15) is 75.6 Å². The fourth-order valence-corrected chi connectivity index (χ4v) is 8.93. The molecule has 2 rings (SSSR count). The molecule has 214 valence electrons. The van der Waals surface area contributed by atoms with E-state index in [0.717, 1.165) is 38.3 Å². The Labute approximate surface area is 251 Å². The Kier molecular flexibility index (Phi) is 21.4. The molecule has 0 saturated heterocycles. The van der Waals surface area contributed by atoms with Crippen molar-refractivity contribution in [2.24, 2.45) is 11.8 Å². The van der Waals surface area contributed by atoms with Crippen LogP contribution < -0.4 is 0 Å². The Bertz CT molecular complexity index is 733. The van der Waals surface area contributed by atoms with Crippen LogP contribution >= 0.6 is 0 Å². The predicted molar refractivity (Wildman–Crippen MR) is 172 cm³/mol. The monoisotopic (exact) mass is 738 g/mol. The van der Waals surface area contributed by atoms with E-state index in [2.05, 4.69) is 96.0 Å². The Hall–Kier alpha value is -0.0426. The second kappa shape index (κ2) is 22.6. The minimum absolute atomic E-state index is 0.774. The second-order valence-corrected chi connectivity index (χ2v) is 28.4. The molecule has 2 aromatic carbocycles. The summed E-state index contributed by atoms with van der Waals surface area (Å²) >= 11 is -1.76. The fraction of sp³-hybridized carbons (Fsp3) is 0.647. The van der Waals surface area contributed by atoms with Crippen molar-refractivity contribution < 1.29 is 9.47 Å². The third kappa shape index (κ3) is 19.1. The van der Waals surface area contributed by atoms with Gasteiger partial charge in [-0.25, -0.2) is 0 Å². The summed E-state index contributed by atoms with van der Waals surface area (Å²) in [7, 11) is 0. The predicted octanol–water partition coefficient (Wildman–Crippen LogP) is 9.87. The molecule has 0 amide bonds. The minimum atomic E-state index is -0.879. The van der Waals surface area contributed by atoms with Crippen molar-refractivity contribution in [2.45, 2.75) is 108 Å². The van der Waals surface area contributed by atoms with E-state index in [1.807, 2.05) is 0 Å². The van der Waals surface area contributed by atoms with Crippen LogP contribution in [0.15, 0.2) is 48.5 Å². The Morgan fingerprint density at radius 1 is 0.553 bits per heavy atom. The summed E-state index contributed by atoms with van der Waals surface area (Å²) in [6.07, 6.45) is 7.41. The van der Waals surface area contributed by atoms with Gasteiger partial charge in [0.25, 0.3) is 0 Å². The van der Waals surface area contributed by atoms with E-state index >= 15 is 0 Å². The molecule has 4 heteroatoms. The third-order valence-corrected chi connectivity index (χ3v) is 14.8. The number of benzene rings is 2. The summed E-state index contributed by atoms with van der Waals surface area (Å²) < 4.78 is 14.4. The van der Waals surface area contributed by atoms with Gasteiger partial charge in [0.2, 0.25) is 0 Å². The molecule has 2 nitrogen and oxygen atoms in total. The first kappa shape index (κ1) is 36.0. The van der Waals surface area contributed by atoms with Crippen LogP contribution in [0.4, 0.5) is 0 Å². The molecule has 2 unspecified atom stereocenters. The third-order valence-electron chi connectivity index (χ3n) is 7.08. The summed E-state index contributed by atoms with van der Waals surface area (Å²) in [6.45, 7) is 12.6.